The van der Waals surface area contributed by atoms with Crippen molar-refractivity contribution in [3.63, 3.8) is 0 Å². The van der Waals surface area contributed by atoms with E-state index in [0.29, 0.717) is 0 Å². The topological polar surface area (TPSA) is 26.3 Å². The number of alkyl halides is 2. The Bertz CT molecular complexity index is 70.3. The van der Waals surface area contributed by atoms with Crippen molar-refractivity contribution >= 4 is 8.69 Å². The van der Waals surface area contributed by atoms with E-state index in [1.807, 2.05) is 0 Å². The second-order valence-corrected chi connectivity index (χ2v) is 1.53. The molecule has 0 aromatic heterocycles. The van der Waals surface area contributed by atoms with Gasteiger partial charge in [-0.1, -0.05) is 0 Å². The molecule has 0 heterocycles. The average Bonchev–Trinajstić information content (AvgIpc) is 1.83. The van der Waals surface area contributed by atoms with Gasteiger partial charge in [-0.3, -0.25) is 4.52 Å². The highest BCUT2D eigenvalue weighted by Gasteiger charge is 2.03. The molecule has 1 unspecified atom stereocenters. The summed E-state index contributed by atoms with van der Waals surface area (Å²) in [4.78, 5) is 0. The van der Waals surface area contributed by atoms with Gasteiger partial charge in [-0.2, -0.15) is 0 Å². The van der Waals surface area contributed by atoms with E-state index < -0.39 is 28.1 Å². The van der Waals surface area contributed by atoms with Crippen molar-refractivity contribution in [3.8, 4) is 0 Å². The maximum Gasteiger partial charge on any atom is 0.327 e. The van der Waals surface area contributed by atoms with Crippen LogP contribution >= 0.6 is 8.69 Å². The Labute approximate surface area is 47.1 Å². The minimum absolute atomic E-state index is 0.443. The monoisotopic (exact) mass is 142 g/mol. The standard InChI is InChI=1S/C3H5F2O2P/c4-1-3(5)2-7-8-6/h3H,1-2H2. The Morgan fingerprint density at radius 1 is 1.75 bits per heavy atom. The van der Waals surface area contributed by atoms with Crippen LogP contribution in [0.3, 0.4) is 0 Å². The number of hydrogen-bond acceptors (Lipinski definition) is 2. The minimum atomic E-state index is -1.64. The zero-order chi connectivity index (χ0) is 6.41. The summed E-state index contributed by atoms with van der Waals surface area (Å²) in [6.07, 6.45) is -1.64. The maximum atomic E-state index is 11.7. The van der Waals surface area contributed by atoms with Crippen molar-refractivity contribution < 1.29 is 17.9 Å². The number of rotatable bonds is 4. The van der Waals surface area contributed by atoms with Crippen molar-refractivity contribution in [1.82, 2.24) is 0 Å². The largest absolute Gasteiger partial charge is 0.327 e. The van der Waals surface area contributed by atoms with Gasteiger partial charge < -0.3 is 0 Å². The molecule has 0 radical (unpaired) electrons. The normalized spacial score (nSPS) is 14.2. The molecular weight excluding hydrogens is 137 g/mol. The maximum absolute atomic E-state index is 11.7. The van der Waals surface area contributed by atoms with Crippen LogP contribution in [0, 0.1) is 0 Å². The van der Waals surface area contributed by atoms with Crippen molar-refractivity contribution in [3.05, 3.63) is 0 Å². The summed E-state index contributed by atoms with van der Waals surface area (Å²) in [5.41, 5.74) is 0. The average molecular weight is 142 g/mol. The highest BCUT2D eigenvalue weighted by molar-refractivity contribution is 7.17. The van der Waals surface area contributed by atoms with Crippen LogP contribution in [0.15, 0.2) is 0 Å². The second-order valence-electron chi connectivity index (χ2n) is 1.12. The van der Waals surface area contributed by atoms with Gasteiger partial charge in [0.05, 0.1) is 6.61 Å². The fourth-order valence-electron chi connectivity index (χ4n) is 0.156. The van der Waals surface area contributed by atoms with Gasteiger partial charge in [0.1, 0.15) is 6.67 Å². The molecule has 0 spiro atoms. The van der Waals surface area contributed by atoms with E-state index in [2.05, 4.69) is 4.52 Å². The Kier molecular flexibility index (Phi) is 5.01. The van der Waals surface area contributed by atoms with E-state index in [1.54, 1.807) is 0 Å². The third kappa shape index (κ3) is 4.09. The Morgan fingerprint density at radius 3 is 2.75 bits per heavy atom. The molecule has 0 amide bonds. The number of halogens is 2. The first-order valence-electron chi connectivity index (χ1n) is 1.96. The molecule has 0 rings (SSSR count). The van der Waals surface area contributed by atoms with Crippen molar-refractivity contribution in [2.24, 2.45) is 0 Å². The first kappa shape index (κ1) is 7.92. The van der Waals surface area contributed by atoms with Gasteiger partial charge in [-0.05, 0) is 0 Å². The number of hydrogen-bond donors (Lipinski definition) is 0. The summed E-state index contributed by atoms with van der Waals surface area (Å²) in [6, 6.07) is 0. The summed E-state index contributed by atoms with van der Waals surface area (Å²) in [5, 5.41) is 0. The van der Waals surface area contributed by atoms with E-state index >= 15 is 0 Å². The molecule has 0 aliphatic rings. The summed E-state index contributed by atoms with van der Waals surface area (Å²) in [5.74, 6) is 0. The molecule has 0 aromatic carbocycles. The minimum Gasteiger partial charge on any atom is -0.291 e. The fraction of sp³-hybridized carbons (Fsp3) is 1.00. The van der Waals surface area contributed by atoms with Gasteiger partial charge in [0.25, 0.3) is 0 Å². The lowest BCUT2D eigenvalue weighted by Gasteiger charge is -1.95. The Balaban J connectivity index is 2.97. The SMILES string of the molecule is O=POCC(F)CF. The van der Waals surface area contributed by atoms with E-state index in [4.69, 9.17) is 0 Å². The van der Waals surface area contributed by atoms with E-state index in [-0.39, 0.29) is 0 Å². The van der Waals surface area contributed by atoms with Crippen LogP contribution in [0.4, 0.5) is 8.78 Å². The molecular formula is C3H5F2O2P. The highest BCUT2D eigenvalue weighted by Crippen LogP contribution is 1.99. The summed E-state index contributed by atoms with van der Waals surface area (Å²) in [6.45, 7) is -1.53. The Morgan fingerprint density at radius 2 is 2.38 bits per heavy atom. The molecule has 0 aromatic rings. The molecule has 0 saturated carbocycles. The third-order valence-corrected chi connectivity index (χ3v) is 0.730. The van der Waals surface area contributed by atoms with Crippen LogP contribution in [0.5, 0.6) is 0 Å². The lowest BCUT2D eigenvalue weighted by atomic mass is 10.5. The van der Waals surface area contributed by atoms with Gasteiger partial charge in [0, 0.05) is 0 Å². The summed E-state index contributed by atoms with van der Waals surface area (Å²) < 4.78 is 36.2. The van der Waals surface area contributed by atoms with Crippen LogP contribution in [0.2, 0.25) is 0 Å². The molecule has 8 heavy (non-hydrogen) atoms. The molecule has 0 N–H and O–H groups in total. The zero-order valence-electron chi connectivity index (χ0n) is 4.01. The van der Waals surface area contributed by atoms with Crippen LogP contribution in [0.1, 0.15) is 0 Å². The molecule has 5 heteroatoms. The van der Waals surface area contributed by atoms with E-state index in [1.165, 1.54) is 0 Å². The predicted octanol–water partition coefficient (Wildman–Crippen LogP) is 1.52. The molecule has 0 fully saturated rings. The van der Waals surface area contributed by atoms with Crippen LogP contribution in [-0.4, -0.2) is 19.5 Å². The van der Waals surface area contributed by atoms with E-state index in [0.717, 1.165) is 0 Å². The quantitative estimate of drug-likeness (QED) is 0.556. The van der Waals surface area contributed by atoms with Crippen LogP contribution in [0.25, 0.3) is 0 Å². The van der Waals surface area contributed by atoms with E-state index in [9.17, 15) is 13.3 Å². The molecule has 0 aliphatic carbocycles. The molecule has 0 saturated heterocycles. The third-order valence-electron chi connectivity index (χ3n) is 0.476. The first-order chi connectivity index (χ1) is 3.81. The van der Waals surface area contributed by atoms with Crippen molar-refractivity contribution in [1.29, 1.82) is 0 Å². The van der Waals surface area contributed by atoms with Crippen molar-refractivity contribution in [2.45, 2.75) is 6.17 Å². The van der Waals surface area contributed by atoms with Gasteiger partial charge in [0.2, 0.25) is 0 Å². The van der Waals surface area contributed by atoms with Crippen LogP contribution < -0.4 is 0 Å². The Hall–Kier alpha value is -0.0800. The fourth-order valence-corrected chi connectivity index (χ4v) is 0.378. The highest BCUT2D eigenvalue weighted by atomic mass is 31.1. The molecule has 1 atom stereocenters. The zero-order valence-corrected chi connectivity index (χ0v) is 4.91. The summed E-state index contributed by atoms with van der Waals surface area (Å²) in [7, 11) is -0.607. The van der Waals surface area contributed by atoms with Gasteiger partial charge >= 0.3 is 8.69 Å². The van der Waals surface area contributed by atoms with Crippen LogP contribution in [-0.2, 0) is 9.09 Å². The lowest BCUT2D eigenvalue weighted by molar-refractivity contribution is 0.176. The lowest BCUT2D eigenvalue weighted by Crippen LogP contribution is -2.08. The van der Waals surface area contributed by atoms with Gasteiger partial charge in [-0.25, -0.2) is 13.3 Å². The molecule has 0 aliphatic heterocycles. The second kappa shape index (κ2) is 5.06. The van der Waals surface area contributed by atoms with Gasteiger partial charge in [-0.15, -0.1) is 0 Å². The molecule has 2 nitrogen and oxygen atoms in total. The molecule has 48 valence electrons. The predicted molar refractivity (Wildman–Crippen MR) is 24.4 cm³/mol. The smallest absolute Gasteiger partial charge is 0.291 e. The van der Waals surface area contributed by atoms with Gasteiger partial charge in [0.15, 0.2) is 6.17 Å². The van der Waals surface area contributed by atoms with Crippen molar-refractivity contribution in [2.75, 3.05) is 13.3 Å². The molecule has 0 bridgehead atoms. The first-order valence-corrected chi connectivity index (χ1v) is 2.69. The summed E-state index contributed by atoms with van der Waals surface area (Å²) >= 11 is 0.